The molecule has 6 heteroatoms. The molecular formula is C19H19N3O3. The van der Waals surface area contributed by atoms with E-state index >= 15 is 0 Å². The number of rotatable bonds is 7. The molecule has 0 aliphatic heterocycles. The van der Waals surface area contributed by atoms with Crippen LogP contribution in [-0.4, -0.2) is 23.3 Å². The molecule has 1 heterocycles. The van der Waals surface area contributed by atoms with Gasteiger partial charge < -0.3 is 15.5 Å². The molecule has 2 amide bonds. The van der Waals surface area contributed by atoms with Crippen LogP contribution in [0.2, 0.25) is 0 Å². The lowest BCUT2D eigenvalue weighted by Gasteiger charge is -2.01. The number of carbonyl (C=O) groups excluding carboxylic acids is 2. The molecule has 0 atom stereocenters. The van der Waals surface area contributed by atoms with Gasteiger partial charge in [-0.25, -0.2) is 4.98 Å². The predicted octanol–water partition coefficient (Wildman–Crippen LogP) is 2.22. The van der Waals surface area contributed by atoms with Crippen LogP contribution in [-0.2, 0) is 17.6 Å². The number of hydrogen-bond acceptors (Lipinski definition) is 4. The van der Waals surface area contributed by atoms with E-state index in [0.29, 0.717) is 22.6 Å². The van der Waals surface area contributed by atoms with Crippen LogP contribution in [0.3, 0.4) is 0 Å². The van der Waals surface area contributed by atoms with Crippen LogP contribution in [0.1, 0.15) is 28.2 Å². The number of fused-ring (bicyclic) bond motifs is 1. The lowest BCUT2D eigenvalue weighted by molar-refractivity contribution is -0.117. The van der Waals surface area contributed by atoms with Crippen molar-refractivity contribution in [1.29, 1.82) is 0 Å². The van der Waals surface area contributed by atoms with Gasteiger partial charge in [0.2, 0.25) is 5.91 Å². The molecule has 0 saturated heterocycles. The molecule has 0 fully saturated rings. The molecule has 0 aliphatic carbocycles. The summed E-state index contributed by atoms with van der Waals surface area (Å²) in [6.07, 6.45) is 2.62. The summed E-state index contributed by atoms with van der Waals surface area (Å²) in [5, 5.41) is 2.45. The van der Waals surface area contributed by atoms with E-state index < -0.39 is 5.91 Å². The van der Waals surface area contributed by atoms with Gasteiger partial charge in [0.15, 0.2) is 11.5 Å². The Morgan fingerprint density at radius 1 is 1.08 bits per heavy atom. The van der Waals surface area contributed by atoms with Crippen molar-refractivity contribution in [1.82, 2.24) is 10.3 Å². The molecule has 3 rings (SSSR count). The van der Waals surface area contributed by atoms with Crippen LogP contribution in [0, 0.1) is 0 Å². The minimum Gasteiger partial charge on any atom is -0.441 e. The number of nitrogens with two attached hydrogens (primary N) is 1. The molecule has 6 nitrogen and oxygen atoms in total. The third kappa shape index (κ3) is 4.44. The van der Waals surface area contributed by atoms with Crippen LogP contribution in [0.4, 0.5) is 0 Å². The second-order valence-corrected chi connectivity index (χ2v) is 5.78. The largest absolute Gasteiger partial charge is 0.441 e. The van der Waals surface area contributed by atoms with Crippen molar-refractivity contribution < 1.29 is 14.0 Å². The second-order valence-electron chi connectivity index (χ2n) is 5.78. The van der Waals surface area contributed by atoms with Gasteiger partial charge in [-0.2, -0.15) is 0 Å². The Hall–Kier alpha value is -3.15. The Morgan fingerprint density at radius 3 is 2.64 bits per heavy atom. The van der Waals surface area contributed by atoms with Gasteiger partial charge in [0.25, 0.3) is 5.91 Å². The molecule has 0 saturated carbocycles. The third-order valence-corrected chi connectivity index (χ3v) is 3.82. The normalized spacial score (nSPS) is 10.7. The van der Waals surface area contributed by atoms with Crippen molar-refractivity contribution in [2.75, 3.05) is 6.54 Å². The zero-order valence-electron chi connectivity index (χ0n) is 13.7. The standard InChI is InChI=1S/C19H19N3O3/c20-17(23)12-21-19(24)14-9-10-16-15(11-14)22-18(25-16)8-4-7-13-5-2-1-3-6-13/h1-3,5-6,9-11H,4,7-8,12H2,(H2,20,23)(H,21,24). The number of carbonyl (C=O) groups is 2. The van der Waals surface area contributed by atoms with Crippen molar-refractivity contribution in [3.05, 3.63) is 65.5 Å². The van der Waals surface area contributed by atoms with Gasteiger partial charge in [-0.15, -0.1) is 0 Å². The second kappa shape index (κ2) is 7.61. The Kier molecular flexibility index (Phi) is 5.09. The molecule has 25 heavy (non-hydrogen) atoms. The molecule has 2 aromatic carbocycles. The number of benzene rings is 2. The zero-order valence-corrected chi connectivity index (χ0v) is 13.7. The molecule has 0 unspecified atom stereocenters. The molecule has 1 aromatic heterocycles. The summed E-state index contributed by atoms with van der Waals surface area (Å²) in [5.74, 6) is -0.300. The molecular weight excluding hydrogens is 318 g/mol. The molecule has 128 valence electrons. The Bertz CT molecular complexity index is 887. The average Bonchev–Trinajstić information content (AvgIpc) is 3.02. The molecule has 0 radical (unpaired) electrons. The van der Waals surface area contributed by atoms with Crippen LogP contribution >= 0.6 is 0 Å². The first-order chi connectivity index (χ1) is 12.1. The third-order valence-electron chi connectivity index (χ3n) is 3.82. The van der Waals surface area contributed by atoms with Crippen LogP contribution in [0.15, 0.2) is 52.9 Å². The van der Waals surface area contributed by atoms with Crippen LogP contribution < -0.4 is 11.1 Å². The van der Waals surface area contributed by atoms with E-state index in [0.717, 1.165) is 19.3 Å². The van der Waals surface area contributed by atoms with Crippen LogP contribution in [0.25, 0.3) is 11.1 Å². The minimum atomic E-state index is -0.587. The van der Waals surface area contributed by atoms with Gasteiger partial charge in [0.05, 0.1) is 6.54 Å². The number of oxazole rings is 1. The fraction of sp³-hybridized carbons (Fsp3) is 0.211. The van der Waals surface area contributed by atoms with Gasteiger partial charge in [0, 0.05) is 12.0 Å². The molecule has 0 spiro atoms. The lowest BCUT2D eigenvalue weighted by Crippen LogP contribution is -2.33. The van der Waals surface area contributed by atoms with E-state index in [9.17, 15) is 9.59 Å². The molecule has 0 bridgehead atoms. The fourth-order valence-electron chi connectivity index (χ4n) is 2.58. The summed E-state index contributed by atoms with van der Waals surface area (Å²) >= 11 is 0. The maximum Gasteiger partial charge on any atom is 0.251 e. The number of aromatic nitrogens is 1. The highest BCUT2D eigenvalue weighted by Crippen LogP contribution is 2.19. The highest BCUT2D eigenvalue weighted by Gasteiger charge is 2.11. The number of aryl methyl sites for hydroxylation is 2. The van der Waals surface area contributed by atoms with E-state index in [4.69, 9.17) is 10.2 Å². The van der Waals surface area contributed by atoms with E-state index in [1.54, 1.807) is 18.2 Å². The summed E-state index contributed by atoms with van der Waals surface area (Å²) in [6, 6.07) is 15.3. The monoisotopic (exact) mass is 337 g/mol. The topological polar surface area (TPSA) is 98.2 Å². The highest BCUT2D eigenvalue weighted by molar-refractivity contribution is 5.98. The lowest BCUT2D eigenvalue weighted by atomic mass is 10.1. The SMILES string of the molecule is NC(=O)CNC(=O)c1ccc2oc(CCCc3ccccc3)nc2c1. The first-order valence-electron chi connectivity index (χ1n) is 8.12. The van der Waals surface area contributed by atoms with Crippen molar-refractivity contribution >= 4 is 22.9 Å². The minimum absolute atomic E-state index is 0.194. The Balaban J connectivity index is 1.63. The number of primary amides is 1. The van der Waals surface area contributed by atoms with E-state index in [2.05, 4.69) is 22.4 Å². The van der Waals surface area contributed by atoms with Gasteiger partial charge in [-0.3, -0.25) is 9.59 Å². The summed E-state index contributed by atoms with van der Waals surface area (Å²) in [7, 11) is 0. The summed E-state index contributed by atoms with van der Waals surface area (Å²) < 4.78 is 5.72. The van der Waals surface area contributed by atoms with Gasteiger partial charge in [-0.1, -0.05) is 30.3 Å². The van der Waals surface area contributed by atoms with Gasteiger partial charge in [-0.05, 0) is 36.6 Å². The first-order valence-corrected chi connectivity index (χ1v) is 8.12. The van der Waals surface area contributed by atoms with E-state index in [1.807, 2.05) is 18.2 Å². The number of nitrogens with one attached hydrogen (secondary N) is 1. The molecule has 0 aliphatic rings. The van der Waals surface area contributed by atoms with Crippen molar-refractivity contribution in [2.45, 2.75) is 19.3 Å². The van der Waals surface area contributed by atoms with Gasteiger partial charge in [0.1, 0.15) is 5.52 Å². The molecule has 3 N–H and O–H groups in total. The predicted molar refractivity (Wildman–Crippen MR) is 94.0 cm³/mol. The summed E-state index contributed by atoms with van der Waals surface area (Å²) in [5.41, 5.74) is 7.99. The van der Waals surface area contributed by atoms with Crippen molar-refractivity contribution in [3.63, 3.8) is 0 Å². The summed E-state index contributed by atoms with van der Waals surface area (Å²) in [4.78, 5) is 27.1. The quantitative estimate of drug-likeness (QED) is 0.690. The zero-order chi connectivity index (χ0) is 17.6. The Morgan fingerprint density at radius 2 is 1.88 bits per heavy atom. The first kappa shape index (κ1) is 16.7. The van der Waals surface area contributed by atoms with Crippen molar-refractivity contribution in [3.8, 4) is 0 Å². The Labute approximate surface area is 145 Å². The maximum absolute atomic E-state index is 12.0. The molecule has 3 aromatic rings. The van der Waals surface area contributed by atoms with Crippen molar-refractivity contribution in [2.24, 2.45) is 5.73 Å². The number of nitrogens with zero attached hydrogens (tertiary/aromatic N) is 1. The smallest absolute Gasteiger partial charge is 0.251 e. The van der Waals surface area contributed by atoms with E-state index in [1.165, 1.54) is 5.56 Å². The maximum atomic E-state index is 12.0. The highest BCUT2D eigenvalue weighted by atomic mass is 16.3. The number of hydrogen-bond donors (Lipinski definition) is 2. The number of amides is 2. The van der Waals surface area contributed by atoms with Crippen LogP contribution in [0.5, 0.6) is 0 Å². The average molecular weight is 337 g/mol. The summed E-state index contributed by atoms with van der Waals surface area (Å²) in [6.45, 7) is -0.194. The van der Waals surface area contributed by atoms with Gasteiger partial charge >= 0.3 is 0 Å². The fourth-order valence-corrected chi connectivity index (χ4v) is 2.58. The van der Waals surface area contributed by atoms with E-state index in [-0.39, 0.29) is 12.5 Å².